The van der Waals surface area contributed by atoms with E-state index in [1.807, 2.05) is 0 Å². The van der Waals surface area contributed by atoms with Crippen molar-refractivity contribution < 1.29 is 27.9 Å². The Hall–Kier alpha value is -2.11. The molecule has 0 spiro atoms. The number of halogens is 3. The summed E-state index contributed by atoms with van der Waals surface area (Å²) < 4.78 is 37.9. The monoisotopic (exact) mass is 257 g/mol. The molecule has 0 aliphatic rings. The smallest absolute Gasteiger partial charge is 0.416 e. The molecule has 0 aliphatic carbocycles. The average Bonchev–Trinajstić information content (AvgIpc) is 2.24. The normalized spacial score (nSPS) is 12.3. The van der Waals surface area contributed by atoms with E-state index in [4.69, 9.17) is 0 Å². The molecule has 0 bridgehead atoms. The van der Waals surface area contributed by atoms with Crippen molar-refractivity contribution in [3.63, 3.8) is 0 Å². The van der Waals surface area contributed by atoms with Crippen LogP contribution in [0, 0.1) is 0 Å². The first-order valence-corrected chi connectivity index (χ1v) is 4.83. The van der Waals surface area contributed by atoms with Gasteiger partial charge in [-0.2, -0.15) is 13.2 Å². The lowest BCUT2D eigenvalue weighted by Crippen LogP contribution is -2.27. The molecule has 0 fully saturated rings. The topological polar surface area (TPSA) is 57.2 Å². The molecule has 0 N–H and O–H groups in total. The van der Waals surface area contributed by atoms with Gasteiger partial charge in [0.2, 0.25) is 0 Å². The maximum atomic E-state index is 12.6. The van der Waals surface area contributed by atoms with E-state index in [2.05, 4.69) is 0 Å². The molecule has 0 aliphatic heterocycles. The summed E-state index contributed by atoms with van der Waals surface area (Å²) in [6, 6.07) is 4.37. The largest absolute Gasteiger partial charge is 0.545 e. The van der Waals surface area contributed by atoms with Gasteiger partial charge in [0.25, 0.3) is 0 Å². The van der Waals surface area contributed by atoms with Crippen LogP contribution in [-0.4, -0.2) is 11.8 Å². The van der Waals surface area contributed by atoms with Crippen LogP contribution in [0.15, 0.2) is 29.8 Å². The zero-order valence-corrected chi connectivity index (χ0v) is 9.25. The van der Waals surface area contributed by atoms with E-state index < -0.39 is 29.1 Å². The summed E-state index contributed by atoms with van der Waals surface area (Å²) in [6.07, 6.45) is -3.96. The fourth-order valence-electron chi connectivity index (χ4n) is 1.34. The first kappa shape index (κ1) is 14.0. The first-order valence-electron chi connectivity index (χ1n) is 4.83. The van der Waals surface area contributed by atoms with Crippen LogP contribution in [0.1, 0.15) is 18.1 Å². The number of carboxylic acids is 1. The van der Waals surface area contributed by atoms with Crippen molar-refractivity contribution in [3.05, 3.63) is 41.0 Å². The summed E-state index contributed by atoms with van der Waals surface area (Å²) in [5.74, 6) is -2.67. The van der Waals surface area contributed by atoms with Crippen molar-refractivity contribution in [1.82, 2.24) is 0 Å². The fourth-order valence-corrected chi connectivity index (χ4v) is 1.34. The number of hydrogen-bond acceptors (Lipinski definition) is 3. The number of rotatable bonds is 3. The van der Waals surface area contributed by atoms with E-state index in [0.29, 0.717) is 6.08 Å². The van der Waals surface area contributed by atoms with Crippen molar-refractivity contribution in [2.45, 2.75) is 13.1 Å². The van der Waals surface area contributed by atoms with E-state index in [-0.39, 0.29) is 5.56 Å². The molecule has 6 heteroatoms. The lowest BCUT2D eigenvalue weighted by atomic mass is 10.0. The fraction of sp³-hybridized carbons (Fsp3) is 0.167. The Morgan fingerprint density at radius 3 is 2.22 bits per heavy atom. The first-order chi connectivity index (χ1) is 8.23. The lowest BCUT2D eigenvalue weighted by molar-refractivity contribution is -0.298. The third-order valence-electron chi connectivity index (χ3n) is 2.17. The van der Waals surface area contributed by atoms with Crippen molar-refractivity contribution in [2.24, 2.45) is 0 Å². The van der Waals surface area contributed by atoms with Crippen LogP contribution < -0.4 is 5.11 Å². The van der Waals surface area contributed by atoms with E-state index in [1.165, 1.54) is 12.1 Å². The van der Waals surface area contributed by atoms with Crippen LogP contribution >= 0.6 is 0 Å². The number of alkyl halides is 3. The minimum absolute atomic E-state index is 0.389. The SMILES string of the molecule is CC(=O)C(=Cc1ccccc1C(F)(F)F)C(=O)[O-]. The van der Waals surface area contributed by atoms with E-state index in [0.717, 1.165) is 19.1 Å². The lowest BCUT2D eigenvalue weighted by Gasteiger charge is -2.11. The molecule has 1 aromatic rings. The standard InChI is InChI=1S/C12H9F3O3/c1-7(16)9(11(17)18)6-8-4-2-3-5-10(8)12(13,14)15/h2-6H,1H3,(H,17,18)/p-1. The van der Waals surface area contributed by atoms with Crippen LogP contribution in [0.3, 0.4) is 0 Å². The van der Waals surface area contributed by atoms with Gasteiger partial charge in [0, 0.05) is 5.57 Å². The average molecular weight is 257 g/mol. The summed E-state index contributed by atoms with van der Waals surface area (Å²) >= 11 is 0. The molecule has 3 nitrogen and oxygen atoms in total. The molecule has 0 atom stereocenters. The van der Waals surface area contributed by atoms with Crippen molar-refractivity contribution in [1.29, 1.82) is 0 Å². The van der Waals surface area contributed by atoms with Gasteiger partial charge in [0.05, 0.1) is 11.5 Å². The summed E-state index contributed by atoms with van der Waals surface area (Å²) in [5, 5.41) is 10.6. The number of benzene rings is 1. The molecule has 0 radical (unpaired) electrons. The van der Waals surface area contributed by atoms with Crippen molar-refractivity contribution in [3.8, 4) is 0 Å². The van der Waals surface area contributed by atoms with Crippen molar-refractivity contribution in [2.75, 3.05) is 0 Å². The number of carbonyl (C=O) groups is 2. The molecule has 0 aromatic heterocycles. The molecule has 0 unspecified atom stereocenters. The van der Waals surface area contributed by atoms with E-state index in [9.17, 15) is 27.9 Å². The molecule has 0 saturated carbocycles. The second kappa shape index (κ2) is 5.03. The Labute approximate surface area is 101 Å². The number of hydrogen-bond donors (Lipinski definition) is 0. The highest BCUT2D eigenvalue weighted by molar-refractivity contribution is 6.18. The number of ketones is 1. The highest BCUT2D eigenvalue weighted by Crippen LogP contribution is 2.32. The zero-order valence-electron chi connectivity index (χ0n) is 9.25. The van der Waals surface area contributed by atoms with Gasteiger partial charge in [-0.25, -0.2) is 0 Å². The van der Waals surface area contributed by atoms with Gasteiger partial charge >= 0.3 is 6.18 Å². The molecule has 0 heterocycles. The Balaban J connectivity index is 3.38. The molecular formula is C12H8F3O3-. The van der Waals surface area contributed by atoms with Gasteiger partial charge in [0.15, 0.2) is 5.78 Å². The number of aliphatic carboxylic acids is 1. The predicted octanol–water partition coefficient (Wildman–Crippen LogP) is 1.43. The molecule has 18 heavy (non-hydrogen) atoms. The van der Waals surface area contributed by atoms with Gasteiger partial charge in [-0.1, -0.05) is 18.2 Å². The van der Waals surface area contributed by atoms with Crippen LogP contribution in [0.5, 0.6) is 0 Å². The minimum atomic E-state index is -4.62. The molecular weight excluding hydrogens is 249 g/mol. The summed E-state index contributed by atoms with van der Waals surface area (Å²) in [5.41, 5.74) is -2.20. The Bertz CT molecular complexity index is 500. The van der Waals surface area contributed by atoms with Gasteiger partial charge in [-0.3, -0.25) is 4.79 Å². The van der Waals surface area contributed by atoms with Gasteiger partial charge < -0.3 is 9.90 Å². The summed E-state index contributed by atoms with van der Waals surface area (Å²) in [4.78, 5) is 21.6. The summed E-state index contributed by atoms with van der Waals surface area (Å²) in [7, 11) is 0. The second-order valence-corrected chi connectivity index (χ2v) is 3.49. The molecule has 0 amide bonds. The molecule has 1 rings (SSSR count). The number of Topliss-reactive ketones (excluding diaryl/α,β-unsaturated/α-hetero) is 1. The second-order valence-electron chi connectivity index (χ2n) is 3.49. The third kappa shape index (κ3) is 3.19. The van der Waals surface area contributed by atoms with E-state index >= 15 is 0 Å². The Kier molecular flexibility index (Phi) is 3.90. The Morgan fingerprint density at radius 1 is 1.22 bits per heavy atom. The predicted molar refractivity (Wildman–Crippen MR) is 55.1 cm³/mol. The van der Waals surface area contributed by atoms with Crippen LogP contribution in [0.4, 0.5) is 13.2 Å². The summed E-state index contributed by atoms with van der Waals surface area (Å²) in [6.45, 7) is 0.942. The molecule has 0 saturated heterocycles. The van der Waals surface area contributed by atoms with E-state index in [1.54, 1.807) is 0 Å². The van der Waals surface area contributed by atoms with Crippen LogP contribution in [0.25, 0.3) is 6.08 Å². The molecule has 96 valence electrons. The quantitative estimate of drug-likeness (QED) is 0.467. The highest BCUT2D eigenvalue weighted by Gasteiger charge is 2.32. The zero-order chi connectivity index (χ0) is 13.9. The van der Waals surface area contributed by atoms with Crippen molar-refractivity contribution >= 4 is 17.8 Å². The van der Waals surface area contributed by atoms with Gasteiger partial charge in [-0.15, -0.1) is 0 Å². The number of carbonyl (C=O) groups excluding carboxylic acids is 2. The Morgan fingerprint density at radius 2 is 1.78 bits per heavy atom. The molecule has 1 aromatic carbocycles. The van der Waals surface area contributed by atoms with Crippen LogP contribution in [0.2, 0.25) is 0 Å². The maximum absolute atomic E-state index is 12.6. The van der Waals surface area contributed by atoms with Crippen LogP contribution in [-0.2, 0) is 15.8 Å². The minimum Gasteiger partial charge on any atom is -0.545 e. The third-order valence-corrected chi connectivity index (χ3v) is 2.17. The van der Waals surface area contributed by atoms with Gasteiger partial charge in [-0.05, 0) is 24.6 Å². The number of carboxylic acid groups (broad SMARTS) is 1. The highest BCUT2D eigenvalue weighted by atomic mass is 19.4. The van der Waals surface area contributed by atoms with Gasteiger partial charge in [0.1, 0.15) is 0 Å². The maximum Gasteiger partial charge on any atom is 0.416 e.